The van der Waals surface area contributed by atoms with E-state index in [1.54, 1.807) is 49.4 Å². The van der Waals surface area contributed by atoms with Gasteiger partial charge in [0.15, 0.2) is 15.6 Å². The van der Waals surface area contributed by atoms with Gasteiger partial charge < -0.3 is 10.6 Å². The number of Topliss-reactive ketones (excluding diaryl/α,β-unsaturated/α-hetero) is 1. The van der Waals surface area contributed by atoms with Gasteiger partial charge in [0.1, 0.15) is 11.0 Å². The Labute approximate surface area is 174 Å². The maximum atomic E-state index is 12.6. The predicted octanol–water partition coefficient (Wildman–Crippen LogP) is 3.31. The van der Waals surface area contributed by atoms with Crippen molar-refractivity contribution in [3.8, 4) is 0 Å². The topological polar surface area (TPSA) is 109 Å². The van der Waals surface area contributed by atoms with Crippen LogP contribution in [0.1, 0.15) is 30.6 Å². The summed E-state index contributed by atoms with van der Waals surface area (Å²) in [5.74, 6) is -2.53. The maximum Gasteiger partial charge on any atom is 0.242 e. The summed E-state index contributed by atoms with van der Waals surface area (Å²) in [4.78, 5) is 36.1. The van der Waals surface area contributed by atoms with Crippen molar-refractivity contribution in [2.75, 3.05) is 16.4 Å². The number of anilines is 2. The second kappa shape index (κ2) is 9.67. The third-order valence-electron chi connectivity index (χ3n) is 4.09. The Balaban J connectivity index is 2.08. The molecule has 1 unspecified atom stereocenters. The third-order valence-corrected chi connectivity index (χ3v) is 6.42. The van der Waals surface area contributed by atoms with Gasteiger partial charge in [-0.2, -0.15) is 0 Å². The molecule has 0 aliphatic carbocycles. The number of ketones is 1. The highest BCUT2D eigenvalue weighted by Gasteiger charge is 2.33. The number of carbonyl (C=O) groups is 3. The van der Waals surface area contributed by atoms with E-state index in [1.807, 2.05) is 0 Å². The number of amides is 2. The molecule has 1 atom stereocenters. The normalized spacial score (nSPS) is 12.1. The first-order valence-corrected chi connectivity index (χ1v) is 10.9. The van der Waals surface area contributed by atoms with Crippen molar-refractivity contribution >= 4 is 50.4 Å². The molecule has 0 saturated carbocycles. The van der Waals surface area contributed by atoms with Crippen LogP contribution in [0, 0.1) is 0 Å². The summed E-state index contributed by atoms with van der Waals surface area (Å²) in [6, 6.07) is 12.4. The molecule has 0 aromatic heterocycles. The Hall–Kier alpha value is -2.71. The fraction of sp³-hybridized carbons (Fsp3) is 0.250. The SMILES string of the molecule is CCC(C(=O)Nc1cccc(C(C)=O)c1)S(=O)(=O)CC(=O)Nc1ccc(Cl)cc1. The molecule has 2 aromatic rings. The van der Waals surface area contributed by atoms with Crippen molar-refractivity contribution in [1.29, 1.82) is 0 Å². The summed E-state index contributed by atoms with van der Waals surface area (Å²) in [5, 5.41) is 4.05. The zero-order valence-electron chi connectivity index (χ0n) is 15.9. The van der Waals surface area contributed by atoms with Gasteiger partial charge in [-0.05, 0) is 49.7 Å². The van der Waals surface area contributed by atoms with Gasteiger partial charge in [-0.1, -0.05) is 30.7 Å². The molecule has 7 nitrogen and oxygen atoms in total. The summed E-state index contributed by atoms with van der Waals surface area (Å²) < 4.78 is 25.3. The van der Waals surface area contributed by atoms with Gasteiger partial charge in [0.2, 0.25) is 11.8 Å². The molecule has 0 radical (unpaired) electrons. The minimum atomic E-state index is -4.06. The second-order valence-corrected chi connectivity index (χ2v) is 9.01. The average Bonchev–Trinajstić information content (AvgIpc) is 2.63. The fourth-order valence-electron chi connectivity index (χ4n) is 2.65. The van der Waals surface area contributed by atoms with Gasteiger partial charge in [-0.25, -0.2) is 8.42 Å². The average molecular weight is 437 g/mol. The molecule has 0 saturated heterocycles. The number of hydrogen-bond donors (Lipinski definition) is 2. The van der Waals surface area contributed by atoms with Crippen LogP contribution < -0.4 is 10.6 Å². The van der Waals surface area contributed by atoms with E-state index >= 15 is 0 Å². The van der Waals surface area contributed by atoms with Gasteiger partial charge in [-0.15, -0.1) is 0 Å². The summed E-state index contributed by atoms with van der Waals surface area (Å²) in [6.07, 6.45) is -0.00517. The number of sulfone groups is 1. The van der Waals surface area contributed by atoms with E-state index in [1.165, 1.54) is 13.0 Å². The number of hydrogen-bond acceptors (Lipinski definition) is 5. The van der Waals surface area contributed by atoms with Crippen molar-refractivity contribution in [2.45, 2.75) is 25.5 Å². The number of nitrogens with one attached hydrogen (secondary N) is 2. The molecule has 0 aliphatic heterocycles. The van der Waals surface area contributed by atoms with E-state index in [0.29, 0.717) is 22.0 Å². The summed E-state index contributed by atoms with van der Waals surface area (Å²) in [7, 11) is -4.06. The Kier molecular flexibility index (Phi) is 7.53. The van der Waals surface area contributed by atoms with Crippen LogP contribution in [0.2, 0.25) is 5.02 Å². The van der Waals surface area contributed by atoms with Crippen molar-refractivity contribution < 1.29 is 22.8 Å². The summed E-state index contributed by atoms with van der Waals surface area (Å²) in [6.45, 7) is 2.93. The molecule has 0 heterocycles. The lowest BCUT2D eigenvalue weighted by Gasteiger charge is -2.16. The zero-order valence-corrected chi connectivity index (χ0v) is 17.5. The molecule has 2 amide bonds. The quantitative estimate of drug-likeness (QED) is 0.617. The molecule has 154 valence electrons. The third kappa shape index (κ3) is 6.40. The Morgan fingerprint density at radius 1 is 1.00 bits per heavy atom. The molecule has 0 spiro atoms. The van der Waals surface area contributed by atoms with Crippen LogP contribution in [-0.2, 0) is 19.4 Å². The van der Waals surface area contributed by atoms with Crippen LogP contribution in [0.3, 0.4) is 0 Å². The fourth-order valence-corrected chi connectivity index (χ4v) is 4.31. The van der Waals surface area contributed by atoms with E-state index in [2.05, 4.69) is 10.6 Å². The van der Waals surface area contributed by atoms with Crippen LogP contribution in [-0.4, -0.2) is 37.0 Å². The molecule has 9 heteroatoms. The Morgan fingerprint density at radius 2 is 1.66 bits per heavy atom. The largest absolute Gasteiger partial charge is 0.325 e. The van der Waals surface area contributed by atoms with Crippen molar-refractivity contribution in [3.05, 3.63) is 59.1 Å². The van der Waals surface area contributed by atoms with Gasteiger partial charge in [0.25, 0.3) is 0 Å². The first-order chi connectivity index (χ1) is 13.6. The van der Waals surface area contributed by atoms with Gasteiger partial charge in [-0.3, -0.25) is 14.4 Å². The standard InChI is InChI=1S/C20H21ClN2O5S/c1-3-18(20(26)23-17-6-4-5-14(11-17)13(2)24)29(27,28)12-19(25)22-16-9-7-15(21)8-10-16/h4-11,18H,3,12H2,1-2H3,(H,22,25)(H,23,26). The molecular weight excluding hydrogens is 416 g/mol. The van der Waals surface area contributed by atoms with Crippen LogP contribution in [0.4, 0.5) is 11.4 Å². The predicted molar refractivity (Wildman–Crippen MR) is 113 cm³/mol. The van der Waals surface area contributed by atoms with E-state index in [0.717, 1.165) is 0 Å². The first kappa shape index (κ1) is 22.6. The van der Waals surface area contributed by atoms with Gasteiger partial charge >= 0.3 is 0 Å². The van der Waals surface area contributed by atoms with Crippen LogP contribution in [0.25, 0.3) is 0 Å². The van der Waals surface area contributed by atoms with E-state index < -0.39 is 32.7 Å². The first-order valence-electron chi connectivity index (χ1n) is 8.81. The highest BCUT2D eigenvalue weighted by Crippen LogP contribution is 2.16. The van der Waals surface area contributed by atoms with Crippen molar-refractivity contribution in [3.63, 3.8) is 0 Å². The van der Waals surface area contributed by atoms with E-state index in [9.17, 15) is 22.8 Å². The molecule has 2 rings (SSSR count). The van der Waals surface area contributed by atoms with Crippen molar-refractivity contribution in [1.82, 2.24) is 0 Å². The number of halogens is 1. The van der Waals surface area contributed by atoms with Crippen LogP contribution >= 0.6 is 11.6 Å². The molecular formula is C20H21ClN2O5S. The summed E-state index contributed by atoms with van der Waals surface area (Å²) >= 11 is 5.77. The zero-order chi connectivity index (χ0) is 21.6. The molecule has 2 N–H and O–H groups in total. The molecule has 0 fully saturated rings. The van der Waals surface area contributed by atoms with Gasteiger partial charge in [0.05, 0.1) is 0 Å². The molecule has 2 aromatic carbocycles. The molecule has 0 bridgehead atoms. The number of rotatable bonds is 8. The smallest absolute Gasteiger partial charge is 0.242 e. The van der Waals surface area contributed by atoms with Crippen molar-refractivity contribution in [2.24, 2.45) is 0 Å². The maximum absolute atomic E-state index is 12.6. The number of carbonyl (C=O) groups excluding carboxylic acids is 3. The number of benzene rings is 2. The minimum absolute atomic E-state index is 0.00517. The Bertz CT molecular complexity index is 1020. The minimum Gasteiger partial charge on any atom is -0.325 e. The second-order valence-electron chi connectivity index (χ2n) is 6.39. The van der Waals surface area contributed by atoms with Gasteiger partial charge in [0, 0.05) is 22.0 Å². The van der Waals surface area contributed by atoms with Crippen LogP contribution in [0.5, 0.6) is 0 Å². The van der Waals surface area contributed by atoms with Crippen LogP contribution in [0.15, 0.2) is 48.5 Å². The molecule has 29 heavy (non-hydrogen) atoms. The lowest BCUT2D eigenvalue weighted by atomic mass is 10.1. The highest BCUT2D eigenvalue weighted by atomic mass is 35.5. The Morgan fingerprint density at radius 3 is 2.24 bits per heavy atom. The highest BCUT2D eigenvalue weighted by molar-refractivity contribution is 7.93. The van der Waals surface area contributed by atoms with E-state index in [4.69, 9.17) is 11.6 Å². The lowest BCUT2D eigenvalue weighted by Crippen LogP contribution is -2.39. The lowest BCUT2D eigenvalue weighted by molar-refractivity contribution is -0.115. The summed E-state index contributed by atoms with van der Waals surface area (Å²) in [5.41, 5.74) is 1.09. The van der Waals surface area contributed by atoms with E-state index in [-0.39, 0.29) is 12.2 Å². The monoisotopic (exact) mass is 436 g/mol. The molecule has 0 aliphatic rings.